The number of esters is 1. The molecular formula is C25H24N4O4S. The Morgan fingerprint density at radius 2 is 1.88 bits per heavy atom. The number of hydrogen-bond donors (Lipinski definition) is 2. The Kier molecular flexibility index (Phi) is 7.12. The predicted octanol–water partition coefficient (Wildman–Crippen LogP) is 4.11. The van der Waals surface area contributed by atoms with Crippen LogP contribution in [0.2, 0.25) is 0 Å². The number of ether oxygens (including phenoxy) is 1. The normalized spacial score (nSPS) is 11.8. The minimum absolute atomic E-state index is 0.0198. The first-order chi connectivity index (χ1) is 16.4. The lowest BCUT2D eigenvalue weighted by molar-refractivity contribution is -0.153. The van der Waals surface area contributed by atoms with Crippen LogP contribution in [0.1, 0.15) is 31.7 Å². The van der Waals surface area contributed by atoms with Crippen molar-refractivity contribution < 1.29 is 14.3 Å². The molecule has 4 rings (SSSR count). The van der Waals surface area contributed by atoms with E-state index in [1.54, 1.807) is 24.3 Å². The van der Waals surface area contributed by atoms with E-state index in [1.807, 2.05) is 17.5 Å². The molecule has 1 atom stereocenters. The number of nitrogens with one attached hydrogen (secondary N) is 2. The number of anilines is 1. The largest absolute Gasteiger partial charge is 0.453 e. The SMILES string of the molecule is CCc1ccc(-c2csc(NC(=O)C(C)OC(=O)CCc3nc4ccccc4c(=O)[nH]3)n2)cc1. The number of fused-ring (bicyclic) bond motifs is 1. The molecule has 4 aromatic rings. The van der Waals surface area contributed by atoms with Gasteiger partial charge in [-0.1, -0.05) is 43.3 Å². The van der Waals surface area contributed by atoms with E-state index in [1.165, 1.54) is 23.8 Å². The van der Waals surface area contributed by atoms with Gasteiger partial charge in [0, 0.05) is 17.4 Å². The van der Waals surface area contributed by atoms with Crippen molar-refractivity contribution in [3.05, 3.63) is 75.7 Å². The van der Waals surface area contributed by atoms with E-state index in [0.717, 1.165) is 17.7 Å². The van der Waals surface area contributed by atoms with Gasteiger partial charge in [0.05, 0.1) is 23.0 Å². The molecule has 0 spiro atoms. The van der Waals surface area contributed by atoms with E-state index in [9.17, 15) is 14.4 Å². The summed E-state index contributed by atoms with van der Waals surface area (Å²) in [4.78, 5) is 48.3. The van der Waals surface area contributed by atoms with Gasteiger partial charge >= 0.3 is 5.97 Å². The highest BCUT2D eigenvalue weighted by molar-refractivity contribution is 7.14. The summed E-state index contributed by atoms with van der Waals surface area (Å²) in [5.41, 5.74) is 3.28. The number of carbonyl (C=O) groups excluding carboxylic acids is 2. The molecule has 0 saturated heterocycles. The molecule has 0 saturated carbocycles. The van der Waals surface area contributed by atoms with Crippen LogP contribution < -0.4 is 10.9 Å². The fraction of sp³-hybridized carbons (Fsp3) is 0.240. The number of aryl methyl sites for hydroxylation is 2. The Hall–Kier alpha value is -3.85. The molecule has 0 aliphatic carbocycles. The number of nitrogens with zero attached hydrogens (tertiary/aromatic N) is 2. The van der Waals surface area contributed by atoms with E-state index >= 15 is 0 Å². The van der Waals surface area contributed by atoms with Crippen molar-refractivity contribution in [3.8, 4) is 11.3 Å². The number of H-pyrrole nitrogens is 1. The molecule has 0 aliphatic rings. The molecule has 9 heteroatoms. The molecule has 174 valence electrons. The highest BCUT2D eigenvalue weighted by Gasteiger charge is 2.19. The van der Waals surface area contributed by atoms with Crippen LogP contribution in [0.4, 0.5) is 5.13 Å². The molecule has 2 N–H and O–H groups in total. The lowest BCUT2D eigenvalue weighted by Gasteiger charge is -2.12. The van der Waals surface area contributed by atoms with Gasteiger partial charge in [-0.05, 0) is 31.0 Å². The van der Waals surface area contributed by atoms with Crippen LogP contribution in [-0.2, 0) is 27.2 Å². The summed E-state index contributed by atoms with van der Waals surface area (Å²) in [5.74, 6) is -0.637. The second-order valence-electron chi connectivity index (χ2n) is 7.74. The average molecular weight is 477 g/mol. The number of benzene rings is 2. The first-order valence-corrected chi connectivity index (χ1v) is 11.8. The standard InChI is InChI=1S/C25H24N4O4S/c1-3-16-8-10-17(11-9-16)20-14-34-25(27-20)29-23(31)15(2)33-22(30)13-12-21-26-19-7-5-4-6-18(19)24(32)28-21/h4-11,14-15H,3,12-13H2,1-2H3,(H,26,28,32)(H,27,29,31). The summed E-state index contributed by atoms with van der Waals surface area (Å²) in [6.45, 7) is 3.60. The average Bonchev–Trinajstić information content (AvgIpc) is 3.31. The Labute approximate surface area is 200 Å². The van der Waals surface area contributed by atoms with Gasteiger partial charge in [-0.25, -0.2) is 9.97 Å². The molecule has 0 aliphatic heterocycles. The molecule has 2 heterocycles. The van der Waals surface area contributed by atoms with Crippen LogP contribution in [-0.4, -0.2) is 32.9 Å². The maximum Gasteiger partial charge on any atom is 0.307 e. The molecule has 2 aromatic heterocycles. The zero-order valence-electron chi connectivity index (χ0n) is 18.8. The van der Waals surface area contributed by atoms with Gasteiger partial charge in [0.1, 0.15) is 5.82 Å². The number of thiazole rings is 1. The predicted molar refractivity (Wildman–Crippen MR) is 132 cm³/mol. The number of amides is 1. The quantitative estimate of drug-likeness (QED) is 0.370. The fourth-order valence-electron chi connectivity index (χ4n) is 3.37. The molecular weight excluding hydrogens is 452 g/mol. The molecule has 2 aromatic carbocycles. The molecule has 1 unspecified atom stereocenters. The van der Waals surface area contributed by atoms with E-state index in [-0.39, 0.29) is 18.4 Å². The Morgan fingerprint density at radius 1 is 1.12 bits per heavy atom. The van der Waals surface area contributed by atoms with Crippen molar-refractivity contribution in [1.82, 2.24) is 15.0 Å². The van der Waals surface area contributed by atoms with Crippen molar-refractivity contribution in [2.24, 2.45) is 0 Å². The maximum atomic E-state index is 12.5. The third-order valence-electron chi connectivity index (χ3n) is 5.30. The molecule has 34 heavy (non-hydrogen) atoms. The van der Waals surface area contributed by atoms with Crippen molar-refractivity contribution in [1.29, 1.82) is 0 Å². The van der Waals surface area contributed by atoms with Crippen molar-refractivity contribution in [2.45, 2.75) is 39.2 Å². The van der Waals surface area contributed by atoms with Crippen molar-refractivity contribution >= 4 is 39.2 Å². The van der Waals surface area contributed by atoms with E-state index in [4.69, 9.17) is 4.74 Å². The van der Waals surface area contributed by atoms with Gasteiger partial charge in [-0.15, -0.1) is 11.3 Å². The molecule has 0 fully saturated rings. The number of aromatic nitrogens is 3. The fourth-order valence-corrected chi connectivity index (χ4v) is 4.09. The number of carbonyl (C=O) groups is 2. The first-order valence-electron chi connectivity index (χ1n) is 11.0. The molecule has 8 nitrogen and oxygen atoms in total. The van der Waals surface area contributed by atoms with E-state index < -0.39 is 18.0 Å². The van der Waals surface area contributed by atoms with Gasteiger partial charge < -0.3 is 9.72 Å². The lowest BCUT2D eigenvalue weighted by Crippen LogP contribution is -2.30. The van der Waals surface area contributed by atoms with Gasteiger partial charge in [-0.2, -0.15) is 0 Å². The molecule has 1 amide bonds. The van der Waals surface area contributed by atoms with Crippen LogP contribution in [0.5, 0.6) is 0 Å². The lowest BCUT2D eigenvalue weighted by atomic mass is 10.1. The van der Waals surface area contributed by atoms with Crippen LogP contribution in [0.15, 0.2) is 58.7 Å². The first kappa shape index (κ1) is 23.3. The summed E-state index contributed by atoms with van der Waals surface area (Å²) in [6, 6.07) is 15.1. The summed E-state index contributed by atoms with van der Waals surface area (Å²) in [5, 5.41) is 5.48. The highest BCUT2D eigenvalue weighted by Crippen LogP contribution is 2.25. The van der Waals surface area contributed by atoms with Gasteiger partial charge in [0.15, 0.2) is 11.2 Å². The Balaban J connectivity index is 1.30. The summed E-state index contributed by atoms with van der Waals surface area (Å²) < 4.78 is 5.25. The Morgan fingerprint density at radius 3 is 2.65 bits per heavy atom. The minimum Gasteiger partial charge on any atom is -0.453 e. The molecule has 0 bridgehead atoms. The van der Waals surface area contributed by atoms with E-state index in [2.05, 4.69) is 39.3 Å². The zero-order valence-corrected chi connectivity index (χ0v) is 19.6. The topological polar surface area (TPSA) is 114 Å². The van der Waals surface area contributed by atoms with Crippen molar-refractivity contribution in [3.63, 3.8) is 0 Å². The van der Waals surface area contributed by atoms with Crippen molar-refractivity contribution in [2.75, 3.05) is 5.32 Å². The monoisotopic (exact) mass is 476 g/mol. The Bertz CT molecular complexity index is 1380. The second kappa shape index (κ2) is 10.4. The number of hydrogen-bond acceptors (Lipinski definition) is 7. The highest BCUT2D eigenvalue weighted by atomic mass is 32.1. The summed E-state index contributed by atoms with van der Waals surface area (Å²) >= 11 is 1.30. The van der Waals surface area contributed by atoms with Crippen LogP contribution in [0, 0.1) is 0 Å². The maximum absolute atomic E-state index is 12.5. The van der Waals surface area contributed by atoms with Crippen LogP contribution in [0.3, 0.4) is 0 Å². The summed E-state index contributed by atoms with van der Waals surface area (Å²) in [7, 11) is 0. The minimum atomic E-state index is -0.993. The van der Waals surface area contributed by atoms with Crippen LogP contribution >= 0.6 is 11.3 Å². The zero-order chi connectivity index (χ0) is 24.1. The molecule has 0 radical (unpaired) electrons. The smallest absolute Gasteiger partial charge is 0.307 e. The van der Waals surface area contributed by atoms with Gasteiger partial charge in [-0.3, -0.25) is 19.7 Å². The van der Waals surface area contributed by atoms with Gasteiger partial charge in [0.2, 0.25) is 0 Å². The summed E-state index contributed by atoms with van der Waals surface area (Å²) in [6.07, 6.45) is 0.146. The number of rotatable bonds is 8. The third-order valence-corrected chi connectivity index (χ3v) is 6.06. The van der Waals surface area contributed by atoms with Gasteiger partial charge in [0.25, 0.3) is 11.5 Å². The van der Waals surface area contributed by atoms with E-state index in [0.29, 0.717) is 21.9 Å². The number of para-hydroxylation sites is 1. The second-order valence-corrected chi connectivity index (χ2v) is 8.60. The number of aromatic amines is 1. The van der Waals surface area contributed by atoms with Crippen LogP contribution in [0.25, 0.3) is 22.2 Å². The third kappa shape index (κ3) is 5.55.